The molecule has 0 spiro atoms. The van der Waals surface area contributed by atoms with Crippen molar-refractivity contribution in [1.82, 2.24) is 74.1 Å². The molecule has 0 aliphatic carbocycles. The predicted molar refractivity (Wildman–Crippen MR) is 395 cm³/mol. The Hall–Kier alpha value is -10.1. The molecule has 35 nitrogen and oxygen atoms in total. The largest absolute Gasteiger partial charge is 0.481 e. The van der Waals surface area contributed by atoms with Gasteiger partial charge in [0.15, 0.2) is 0 Å². The summed E-state index contributed by atoms with van der Waals surface area (Å²) >= 11 is 0. The number of aliphatic carboxylic acids is 2. The first-order valence-electron chi connectivity index (χ1n) is 36.2. The molecular formula is C72H113N17O18. The number of aliphatic hydroxyl groups is 1. The van der Waals surface area contributed by atoms with Gasteiger partial charge in [-0.25, -0.2) is 0 Å². The fraction of sp³-hybridized carbons (Fsp3) is 0.597. The molecule has 0 bridgehead atoms. The Kier molecular flexibility index (Phi) is 39.2. The molecule has 3 rings (SSSR count). The maximum atomic E-state index is 14.6. The number of aromatic nitrogens is 1. The average Bonchev–Trinajstić information content (AvgIpc) is 1.74. The smallest absolute Gasteiger partial charge is 0.325 e. The van der Waals surface area contributed by atoms with Crippen LogP contribution in [0.4, 0.5) is 0 Å². The van der Waals surface area contributed by atoms with Crippen LogP contribution in [0.25, 0.3) is 10.9 Å². The van der Waals surface area contributed by atoms with Crippen molar-refractivity contribution in [3.05, 3.63) is 71.9 Å². The number of H-pyrrole nitrogens is 1. The summed E-state index contributed by atoms with van der Waals surface area (Å²) in [5, 5.41) is 63.0. The highest BCUT2D eigenvalue weighted by Crippen LogP contribution is 2.21. The van der Waals surface area contributed by atoms with Gasteiger partial charge in [0.2, 0.25) is 76.8 Å². The highest BCUT2D eigenvalue weighted by Gasteiger charge is 2.40. The Morgan fingerprint density at radius 2 is 0.897 bits per heavy atom. The number of carbonyl (C=O) groups is 15. The highest BCUT2D eigenvalue weighted by atomic mass is 16.4. The number of hydrogen-bond acceptors (Lipinski definition) is 19. The van der Waals surface area contributed by atoms with Gasteiger partial charge in [-0.2, -0.15) is 0 Å². The monoisotopic (exact) mass is 1500 g/mol. The summed E-state index contributed by atoms with van der Waals surface area (Å²) in [5.41, 5.74) is 17.4. The van der Waals surface area contributed by atoms with Gasteiger partial charge in [0, 0.05) is 42.8 Å². The van der Waals surface area contributed by atoms with E-state index in [0.717, 1.165) is 25.7 Å². The van der Waals surface area contributed by atoms with Gasteiger partial charge >= 0.3 is 11.9 Å². The van der Waals surface area contributed by atoms with Crippen LogP contribution in [0.2, 0.25) is 0 Å². The number of amides is 13. The lowest BCUT2D eigenvalue weighted by atomic mass is 9.98. The summed E-state index contributed by atoms with van der Waals surface area (Å²) in [7, 11) is 0. The third-order valence-corrected chi connectivity index (χ3v) is 17.4. The molecule has 1 heterocycles. The third-order valence-electron chi connectivity index (χ3n) is 17.4. The van der Waals surface area contributed by atoms with Gasteiger partial charge in [0.25, 0.3) is 0 Å². The van der Waals surface area contributed by atoms with Crippen LogP contribution < -0.4 is 86.3 Å². The van der Waals surface area contributed by atoms with Crippen LogP contribution in [-0.2, 0) is 84.8 Å². The minimum Gasteiger partial charge on any atom is -0.481 e. The Morgan fingerprint density at radius 1 is 0.449 bits per heavy atom. The maximum absolute atomic E-state index is 14.6. The maximum Gasteiger partial charge on any atom is 0.325 e. The molecule has 0 aliphatic heterocycles. The second-order valence-electron chi connectivity index (χ2n) is 27.9. The molecule has 23 N–H and O–H groups in total. The van der Waals surface area contributed by atoms with Crippen molar-refractivity contribution in [3.8, 4) is 0 Å². The van der Waals surface area contributed by atoms with Crippen LogP contribution in [0.3, 0.4) is 0 Å². The molecule has 0 aliphatic rings. The second-order valence-corrected chi connectivity index (χ2v) is 27.9. The zero-order chi connectivity index (χ0) is 80.3. The molecule has 3 aromatic rings. The van der Waals surface area contributed by atoms with E-state index >= 15 is 0 Å². The quantitative estimate of drug-likeness (QED) is 0.0263. The van der Waals surface area contributed by atoms with E-state index in [1.807, 2.05) is 0 Å². The van der Waals surface area contributed by atoms with Gasteiger partial charge in [-0.05, 0) is 107 Å². The SMILES string of the molecule is CCCCCCCC(=O)N[C@@H](C(=O)N[C@H](CCN)C(=O)NCC(=O)N[C@H](CO)C(=O)N[C@H](Cc1c[nH]c2ccccc12)C(=O)NC(C)(C)C(=O)N[C@@H](CCN)C(=O)N[C@H](CCN)C(=O)N[C@@H](Cc1ccccc1)C(=O)N[C@@H](CCC(=O)O)C(=O)N[C@H](C(=O)N[C@@H](C(=O)N[C@@H](C)C(=O)O)C(C)C)C(C)C)C(C)C. The van der Waals surface area contributed by atoms with Gasteiger partial charge in [0.05, 0.1) is 13.2 Å². The molecule has 0 fully saturated rings. The Morgan fingerprint density at radius 3 is 1.44 bits per heavy atom. The van der Waals surface area contributed by atoms with Crippen molar-refractivity contribution in [2.75, 3.05) is 32.8 Å². The third kappa shape index (κ3) is 31.1. The number of unbranched alkanes of at least 4 members (excludes halogenated alkanes) is 4. The predicted octanol–water partition coefficient (Wildman–Crippen LogP) is -2.37. The zero-order valence-corrected chi connectivity index (χ0v) is 62.8. The molecule has 0 saturated carbocycles. The summed E-state index contributed by atoms with van der Waals surface area (Å²) in [6.07, 6.45) is 4.11. The van der Waals surface area contributed by atoms with E-state index in [0.29, 0.717) is 28.5 Å². The first-order valence-corrected chi connectivity index (χ1v) is 36.2. The zero-order valence-electron chi connectivity index (χ0n) is 62.8. The molecule has 11 atom stereocenters. The lowest BCUT2D eigenvalue weighted by Crippen LogP contribution is -2.64. The van der Waals surface area contributed by atoms with E-state index in [-0.39, 0.29) is 70.0 Å². The number of aromatic amines is 1. The number of fused-ring (bicyclic) bond motifs is 1. The molecule has 2 aromatic carbocycles. The summed E-state index contributed by atoms with van der Waals surface area (Å²) in [4.78, 5) is 207. The van der Waals surface area contributed by atoms with E-state index in [1.165, 1.54) is 20.8 Å². The Bertz CT molecular complexity index is 3500. The van der Waals surface area contributed by atoms with E-state index in [2.05, 4.69) is 81.0 Å². The molecule has 0 saturated heterocycles. The van der Waals surface area contributed by atoms with Gasteiger partial charge in [-0.1, -0.05) is 123 Å². The average molecular weight is 1500 g/mol. The fourth-order valence-electron chi connectivity index (χ4n) is 11.1. The van der Waals surface area contributed by atoms with Crippen molar-refractivity contribution >= 4 is 99.6 Å². The standard InChI is InChI=1S/C72H113N17O18/c1-11-12-13-14-18-25-54(91)86-57(39(2)3)68(103)82-48(28-31-73)60(95)77-37-55(92)79-53(38-90)65(100)84-52(35-44-36-76-46-24-20-19-23-45(44)46)66(101)89-72(9,10)71(107)85-50(30-33-75)62(97)81-49(29-32-74)61(96)83-51(34-43-21-16-15-17-22-43)64(99)80-47(26-27-56(93)94)63(98)87-59(41(6)7)69(104)88-58(40(4)5)67(102)78-42(8)70(105)106/h15-17,19-24,36,39-42,47-53,57-59,76,90H,11-14,18,25-35,37-38,73-75H2,1-10H3,(H,77,95)(H,78,102)(H,79,92)(H,80,99)(H,81,97)(H,82,103)(H,83,96)(H,84,100)(H,85,107)(H,86,91)(H,87,98)(H,88,104)(H,89,101)(H,93,94)(H,105,106)/t42-,47-,48+,49+,50-,51-,52+,53+,57+,58+,59-/m0/s1. The van der Waals surface area contributed by atoms with Gasteiger partial charge in [-0.3, -0.25) is 71.9 Å². The van der Waals surface area contributed by atoms with Crippen molar-refractivity contribution in [2.45, 2.75) is 225 Å². The molecule has 0 radical (unpaired) electrons. The number of carbonyl (C=O) groups excluding carboxylic acids is 13. The summed E-state index contributed by atoms with van der Waals surface area (Å²) in [5.74, 6) is -15.8. The molecular weight excluding hydrogens is 1390 g/mol. The van der Waals surface area contributed by atoms with E-state index < -0.39 is 193 Å². The summed E-state index contributed by atoms with van der Waals surface area (Å²) in [6.45, 7) is 13.4. The number of carboxylic acids is 2. The lowest BCUT2D eigenvalue weighted by Gasteiger charge is -2.31. The van der Waals surface area contributed by atoms with Crippen LogP contribution in [0.15, 0.2) is 60.8 Å². The van der Waals surface area contributed by atoms with Crippen molar-refractivity contribution in [1.29, 1.82) is 0 Å². The number of aliphatic hydroxyl groups excluding tert-OH is 1. The first-order chi connectivity index (χ1) is 50.5. The van der Waals surface area contributed by atoms with Gasteiger partial charge in [0.1, 0.15) is 72.0 Å². The van der Waals surface area contributed by atoms with Crippen LogP contribution in [0.5, 0.6) is 0 Å². The molecule has 13 amide bonds. The normalized spacial score (nSPS) is 14.5. The minimum atomic E-state index is -1.93. The topological polar surface area (TPSA) is 567 Å². The number of para-hydroxylation sites is 1. The molecule has 1 aromatic heterocycles. The second kappa shape index (κ2) is 46.1. The number of nitrogens with one attached hydrogen (secondary N) is 14. The molecule has 0 unspecified atom stereocenters. The highest BCUT2D eigenvalue weighted by molar-refractivity contribution is 6.01. The summed E-state index contributed by atoms with van der Waals surface area (Å²) < 4.78 is 0. The van der Waals surface area contributed by atoms with Crippen LogP contribution in [-0.4, -0.2) is 214 Å². The Labute approximate surface area is 623 Å². The van der Waals surface area contributed by atoms with Crippen molar-refractivity contribution in [3.63, 3.8) is 0 Å². The lowest BCUT2D eigenvalue weighted by molar-refractivity contribution is -0.142. The minimum absolute atomic E-state index is 0.0595. The first kappa shape index (κ1) is 91.1. The van der Waals surface area contributed by atoms with Crippen molar-refractivity contribution < 1.29 is 87.2 Å². The molecule has 107 heavy (non-hydrogen) atoms. The number of nitrogens with two attached hydrogens (primary N) is 3. The van der Waals surface area contributed by atoms with E-state index in [4.69, 9.17) is 17.2 Å². The number of benzene rings is 2. The van der Waals surface area contributed by atoms with Gasteiger partial charge < -0.3 is 107 Å². The molecule has 594 valence electrons. The van der Waals surface area contributed by atoms with Crippen molar-refractivity contribution in [2.24, 2.45) is 35.0 Å². The Balaban J connectivity index is 1.85. The van der Waals surface area contributed by atoms with Crippen LogP contribution in [0.1, 0.15) is 151 Å². The van der Waals surface area contributed by atoms with E-state index in [1.54, 1.807) is 102 Å². The fourth-order valence-corrected chi connectivity index (χ4v) is 11.1. The number of carboxylic acid groups (broad SMARTS) is 2. The van der Waals surface area contributed by atoms with Crippen LogP contribution >= 0.6 is 0 Å². The van der Waals surface area contributed by atoms with Crippen LogP contribution in [0, 0.1) is 17.8 Å². The number of hydrogen-bond donors (Lipinski definition) is 20. The number of rotatable bonds is 49. The summed E-state index contributed by atoms with van der Waals surface area (Å²) in [6, 6.07) is -0.530. The molecule has 35 heteroatoms. The van der Waals surface area contributed by atoms with E-state index in [9.17, 15) is 87.2 Å². The van der Waals surface area contributed by atoms with Gasteiger partial charge in [-0.15, -0.1) is 0 Å².